The molecule has 0 aliphatic carbocycles. The van der Waals surface area contributed by atoms with Crippen LogP contribution < -0.4 is 0 Å². The van der Waals surface area contributed by atoms with E-state index in [0.717, 1.165) is 77.5 Å². The van der Waals surface area contributed by atoms with Gasteiger partial charge in [0.1, 0.15) is 0 Å². The summed E-state index contributed by atoms with van der Waals surface area (Å²) in [5.74, 6) is 0. The summed E-state index contributed by atoms with van der Waals surface area (Å²) in [5.41, 5.74) is 16.1. The van der Waals surface area contributed by atoms with Crippen molar-refractivity contribution < 1.29 is 0 Å². The smallest absolute Gasteiger partial charge is 0.0996 e. The third-order valence-corrected chi connectivity index (χ3v) is 12.2. The molecule has 0 saturated heterocycles. The number of pyridine rings is 2. The van der Waals surface area contributed by atoms with Gasteiger partial charge in [0.2, 0.25) is 0 Å². The topological polar surface area (TPSA) is 61.4 Å². The normalized spacial score (nSPS) is 12.0. The first-order valence-electron chi connectivity index (χ1n) is 20.2. The van der Waals surface area contributed by atoms with Crippen molar-refractivity contribution in [2.45, 2.75) is 0 Å². The summed E-state index contributed by atoms with van der Waals surface area (Å²) in [6.45, 7) is 0. The molecular weight excluding hydrogens is 733 g/mol. The van der Waals surface area contributed by atoms with Gasteiger partial charge in [0, 0.05) is 67.2 Å². The van der Waals surface area contributed by atoms with Crippen LogP contribution in [0.15, 0.2) is 194 Å². The lowest BCUT2D eigenvalue weighted by Gasteiger charge is -2.15. The summed E-state index contributed by atoms with van der Waals surface area (Å²) in [7, 11) is 0. The summed E-state index contributed by atoms with van der Waals surface area (Å²) in [6, 6.07) is 64.7. The van der Waals surface area contributed by atoms with Gasteiger partial charge in [0.15, 0.2) is 0 Å². The molecule has 278 valence electrons. The molecule has 13 rings (SSSR count). The molecule has 0 amide bonds. The summed E-state index contributed by atoms with van der Waals surface area (Å²) in [6.07, 6.45) is 3.64. The van der Waals surface area contributed by atoms with Gasteiger partial charge < -0.3 is 9.13 Å². The number of fused-ring (bicyclic) bond motifs is 13. The molecule has 0 aliphatic rings. The first-order chi connectivity index (χ1) is 29.8. The Labute approximate surface area is 343 Å². The minimum Gasteiger partial charge on any atom is -0.309 e. The highest BCUT2D eigenvalue weighted by atomic mass is 15.0. The monoisotopic (exact) mass is 764 g/mol. The maximum atomic E-state index is 5.56. The fourth-order valence-electron chi connectivity index (χ4n) is 9.53. The van der Waals surface area contributed by atoms with E-state index in [0.29, 0.717) is 0 Å². The molecule has 0 fully saturated rings. The van der Waals surface area contributed by atoms with Crippen LogP contribution in [0.2, 0.25) is 0 Å². The molecule has 13 aromatic rings. The summed E-state index contributed by atoms with van der Waals surface area (Å²) >= 11 is 0. The highest BCUT2D eigenvalue weighted by Crippen LogP contribution is 2.40. The molecule has 5 aromatic heterocycles. The van der Waals surface area contributed by atoms with Gasteiger partial charge in [-0.3, -0.25) is 9.97 Å². The van der Waals surface area contributed by atoms with E-state index in [1.54, 1.807) is 0 Å². The van der Waals surface area contributed by atoms with Gasteiger partial charge in [-0.2, -0.15) is 0 Å². The Hall–Kier alpha value is -8.22. The van der Waals surface area contributed by atoms with Crippen LogP contribution in [-0.4, -0.2) is 29.1 Å². The minimum atomic E-state index is 0.813. The Balaban J connectivity index is 1.02. The standard InChI is InChI=1S/C54H32N6/c1-5-17-45-39(11-1)40-12-2-6-18-46(40)59(45)35-25-21-33(22-26-35)37-29-30-38(34-23-27-36(28-24-34)60-47-19-7-3-13-41(47)42-14-4-8-20-48(42)60)52-51(37)57-53-43-15-9-31-55-49(43)50-44(54(53)58-52)16-10-32-56-50/h1-32H. The second kappa shape index (κ2) is 12.6. The zero-order chi connectivity index (χ0) is 39.3. The van der Waals surface area contributed by atoms with Crippen molar-refractivity contribution in [3.05, 3.63) is 194 Å². The van der Waals surface area contributed by atoms with Gasteiger partial charge >= 0.3 is 0 Å². The number of hydrogen-bond acceptors (Lipinski definition) is 4. The number of hydrogen-bond donors (Lipinski definition) is 0. The van der Waals surface area contributed by atoms with Crippen LogP contribution >= 0.6 is 0 Å². The van der Waals surface area contributed by atoms with Gasteiger partial charge in [-0.25, -0.2) is 9.97 Å². The predicted octanol–water partition coefficient (Wildman–Crippen LogP) is 13.4. The lowest BCUT2D eigenvalue weighted by molar-refractivity contribution is 1.18. The molecule has 8 aromatic carbocycles. The molecule has 0 radical (unpaired) electrons. The Kier molecular flexibility index (Phi) is 6.91. The zero-order valence-electron chi connectivity index (χ0n) is 32.2. The molecule has 0 N–H and O–H groups in total. The first-order valence-corrected chi connectivity index (χ1v) is 20.2. The number of para-hydroxylation sites is 4. The van der Waals surface area contributed by atoms with E-state index in [2.05, 4.69) is 179 Å². The fourth-order valence-corrected chi connectivity index (χ4v) is 9.53. The Bertz CT molecular complexity index is 3520. The zero-order valence-corrected chi connectivity index (χ0v) is 32.2. The number of benzene rings is 8. The van der Waals surface area contributed by atoms with Crippen molar-refractivity contribution >= 4 is 87.5 Å². The summed E-state index contributed by atoms with van der Waals surface area (Å²) < 4.78 is 4.70. The Morgan fingerprint density at radius 3 is 0.967 bits per heavy atom. The third-order valence-electron chi connectivity index (χ3n) is 12.2. The average Bonchev–Trinajstić information content (AvgIpc) is 3.84. The van der Waals surface area contributed by atoms with E-state index in [9.17, 15) is 0 Å². The maximum absolute atomic E-state index is 5.56. The highest BCUT2D eigenvalue weighted by Gasteiger charge is 2.20. The molecule has 6 nitrogen and oxygen atoms in total. The number of nitrogens with zero attached hydrogens (tertiary/aromatic N) is 6. The molecule has 0 aliphatic heterocycles. The van der Waals surface area contributed by atoms with Crippen molar-refractivity contribution in [1.29, 1.82) is 0 Å². The Morgan fingerprint density at radius 1 is 0.267 bits per heavy atom. The van der Waals surface area contributed by atoms with Crippen molar-refractivity contribution in [2.75, 3.05) is 0 Å². The maximum Gasteiger partial charge on any atom is 0.0996 e. The first kappa shape index (κ1) is 32.8. The minimum absolute atomic E-state index is 0.813. The van der Waals surface area contributed by atoms with E-state index in [1.807, 2.05) is 24.5 Å². The largest absolute Gasteiger partial charge is 0.309 e. The number of aromatic nitrogens is 6. The van der Waals surface area contributed by atoms with E-state index in [4.69, 9.17) is 19.9 Å². The van der Waals surface area contributed by atoms with E-state index < -0.39 is 0 Å². The molecule has 0 spiro atoms. The second-order valence-electron chi connectivity index (χ2n) is 15.4. The molecule has 6 heteroatoms. The molecular formula is C54H32N6. The lowest BCUT2D eigenvalue weighted by atomic mass is 9.96. The molecule has 0 bridgehead atoms. The molecule has 0 unspecified atom stereocenters. The van der Waals surface area contributed by atoms with E-state index in [1.165, 1.54) is 43.6 Å². The van der Waals surface area contributed by atoms with E-state index in [-0.39, 0.29) is 0 Å². The van der Waals surface area contributed by atoms with Gasteiger partial charge in [0.25, 0.3) is 0 Å². The van der Waals surface area contributed by atoms with Crippen molar-refractivity contribution in [3.8, 4) is 33.6 Å². The van der Waals surface area contributed by atoms with Crippen LogP contribution in [0.25, 0.3) is 121 Å². The van der Waals surface area contributed by atoms with E-state index >= 15 is 0 Å². The quantitative estimate of drug-likeness (QED) is 0.132. The molecule has 0 atom stereocenters. The average molecular weight is 765 g/mol. The third kappa shape index (κ3) is 4.70. The lowest BCUT2D eigenvalue weighted by Crippen LogP contribution is -1.98. The van der Waals surface area contributed by atoms with Crippen LogP contribution in [0.3, 0.4) is 0 Å². The SMILES string of the molecule is c1cnc2c(c1)c1nc3c(-c4ccc(-n5c6ccccc6c6ccccc65)cc4)ccc(-c4ccc(-n5c6ccccc6c6ccccc65)cc4)c3nc1c1cccnc12. The molecule has 5 heterocycles. The van der Waals surface area contributed by atoms with Crippen molar-refractivity contribution in [2.24, 2.45) is 0 Å². The Morgan fingerprint density at radius 2 is 0.600 bits per heavy atom. The van der Waals surface area contributed by atoms with Gasteiger partial charge in [0.05, 0.1) is 55.2 Å². The predicted molar refractivity (Wildman–Crippen MR) is 247 cm³/mol. The van der Waals surface area contributed by atoms with Gasteiger partial charge in [-0.05, 0) is 83.9 Å². The fraction of sp³-hybridized carbons (Fsp3) is 0. The van der Waals surface area contributed by atoms with Crippen molar-refractivity contribution in [3.63, 3.8) is 0 Å². The van der Waals surface area contributed by atoms with Gasteiger partial charge in [-0.1, -0.05) is 109 Å². The molecule has 60 heavy (non-hydrogen) atoms. The van der Waals surface area contributed by atoms with Gasteiger partial charge in [-0.15, -0.1) is 0 Å². The highest BCUT2D eigenvalue weighted by molar-refractivity contribution is 6.22. The summed E-state index contributed by atoms with van der Waals surface area (Å²) in [5, 5.41) is 6.84. The summed E-state index contributed by atoms with van der Waals surface area (Å²) in [4.78, 5) is 20.7. The van der Waals surface area contributed by atoms with Crippen LogP contribution in [-0.2, 0) is 0 Å². The number of rotatable bonds is 4. The van der Waals surface area contributed by atoms with Crippen LogP contribution in [0, 0.1) is 0 Å². The van der Waals surface area contributed by atoms with Crippen LogP contribution in [0.4, 0.5) is 0 Å². The molecule has 0 saturated carbocycles. The van der Waals surface area contributed by atoms with Crippen molar-refractivity contribution in [1.82, 2.24) is 29.1 Å². The van der Waals surface area contributed by atoms with Crippen LogP contribution in [0.5, 0.6) is 0 Å². The van der Waals surface area contributed by atoms with Crippen LogP contribution in [0.1, 0.15) is 0 Å². The second-order valence-corrected chi connectivity index (χ2v) is 15.4.